The highest BCUT2D eigenvalue weighted by atomic mass is 35.5. The molecule has 3 rings (SSSR count). The van der Waals surface area contributed by atoms with E-state index in [1.165, 1.54) is 16.4 Å². The average molecular weight is 416 g/mol. The number of carbonyl (C=O) groups is 1. The van der Waals surface area contributed by atoms with E-state index in [9.17, 15) is 13.2 Å². The summed E-state index contributed by atoms with van der Waals surface area (Å²) in [4.78, 5) is 14.9. The number of hydrogen-bond donors (Lipinski definition) is 1. The molecular formula is C18H26ClN3O4S. The van der Waals surface area contributed by atoms with Crippen molar-refractivity contribution in [1.82, 2.24) is 14.5 Å². The molecule has 2 fully saturated rings. The van der Waals surface area contributed by atoms with E-state index in [-0.39, 0.29) is 28.9 Å². The SMILES string of the molecule is CCN1CCC[C@@H]1CNC(=O)c1ccc(Cl)c(S(=O)(=O)N2CCOCC2)c1. The summed E-state index contributed by atoms with van der Waals surface area (Å²) in [6.45, 7) is 5.96. The Labute approximate surface area is 165 Å². The molecule has 150 valence electrons. The van der Waals surface area contributed by atoms with E-state index < -0.39 is 10.0 Å². The standard InChI is InChI=1S/C18H26ClN3O4S/c1-2-21-7-3-4-15(21)13-20-18(23)14-5-6-16(19)17(12-14)27(24,25)22-8-10-26-11-9-22/h5-6,12,15H,2-4,7-11,13H2,1H3,(H,20,23)/t15-/m1/s1. The molecule has 0 bridgehead atoms. The van der Waals surface area contributed by atoms with Crippen molar-refractivity contribution in [2.75, 3.05) is 45.9 Å². The van der Waals surface area contributed by atoms with Gasteiger partial charge in [-0.2, -0.15) is 4.31 Å². The van der Waals surface area contributed by atoms with Gasteiger partial charge in [0.25, 0.3) is 5.91 Å². The van der Waals surface area contributed by atoms with Gasteiger partial charge in [0, 0.05) is 31.2 Å². The molecule has 1 N–H and O–H groups in total. The summed E-state index contributed by atoms with van der Waals surface area (Å²) in [5, 5.41) is 3.05. The molecule has 1 amide bonds. The van der Waals surface area contributed by atoms with Crippen LogP contribution in [-0.2, 0) is 14.8 Å². The monoisotopic (exact) mass is 415 g/mol. The average Bonchev–Trinajstić information content (AvgIpc) is 3.14. The van der Waals surface area contributed by atoms with Gasteiger partial charge in [-0.05, 0) is 44.1 Å². The molecule has 2 saturated heterocycles. The summed E-state index contributed by atoms with van der Waals surface area (Å²) in [5.41, 5.74) is 0.298. The third-order valence-electron chi connectivity index (χ3n) is 5.18. The Balaban J connectivity index is 1.73. The van der Waals surface area contributed by atoms with E-state index in [4.69, 9.17) is 16.3 Å². The van der Waals surface area contributed by atoms with Crippen molar-refractivity contribution in [2.45, 2.75) is 30.7 Å². The Morgan fingerprint density at radius 2 is 2.04 bits per heavy atom. The molecule has 2 aliphatic heterocycles. The van der Waals surface area contributed by atoms with Gasteiger partial charge in [-0.15, -0.1) is 0 Å². The van der Waals surface area contributed by atoms with Gasteiger partial charge in [-0.25, -0.2) is 8.42 Å². The second kappa shape index (κ2) is 8.87. The van der Waals surface area contributed by atoms with Gasteiger partial charge in [0.1, 0.15) is 4.90 Å². The number of amides is 1. The minimum absolute atomic E-state index is 0.0326. The highest BCUT2D eigenvalue weighted by molar-refractivity contribution is 7.89. The summed E-state index contributed by atoms with van der Waals surface area (Å²) < 4.78 is 32.3. The molecule has 0 aliphatic carbocycles. The van der Waals surface area contributed by atoms with Gasteiger partial charge in [-0.1, -0.05) is 18.5 Å². The number of morpholine rings is 1. The van der Waals surface area contributed by atoms with Crippen LogP contribution in [0.5, 0.6) is 0 Å². The fourth-order valence-corrected chi connectivity index (χ4v) is 5.53. The van der Waals surface area contributed by atoms with Crippen LogP contribution in [0.2, 0.25) is 5.02 Å². The molecule has 0 radical (unpaired) electrons. The minimum atomic E-state index is -3.76. The first kappa shape index (κ1) is 20.5. The number of rotatable bonds is 6. The number of carbonyl (C=O) groups excluding carboxylic acids is 1. The van der Waals surface area contributed by atoms with Crippen molar-refractivity contribution in [2.24, 2.45) is 0 Å². The molecule has 27 heavy (non-hydrogen) atoms. The molecule has 7 nitrogen and oxygen atoms in total. The lowest BCUT2D eigenvalue weighted by Gasteiger charge is -2.26. The van der Waals surface area contributed by atoms with Crippen molar-refractivity contribution >= 4 is 27.5 Å². The van der Waals surface area contributed by atoms with E-state index in [1.54, 1.807) is 6.07 Å². The maximum absolute atomic E-state index is 12.9. The van der Waals surface area contributed by atoms with E-state index >= 15 is 0 Å². The van der Waals surface area contributed by atoms with E-state index in [2.05, 4.69) is 17.1 Å². The summed E-state index contributed by atoms with van der Waals surface area (Å²) in [7, 11) is -3.76. The first-order chi connectivity index (χ1) is 12.9. The lowest BCUT2D eigenvalue weighted by molar-refractivity contribution is 0.0730. The molecule has 0 unspecified atom stereocenters. The Bertz CT molecular complexity index is 781. The molecule has 1 aromatic carbocycles. The Hall–Kier alpha value is -1.19. The lowest BCUT2D eigenvalue weighted by atomic mass is 10.2. The quantitative estimate of drug-likeness (QED) is 0.763. The van der Waals surface area contributed by atoms with E-state index in [1.807, 2.05) is 0 Å². The summed E-state index contributed by atoms with van der Waals surface area (Å²) >= 11 is 6.15. The smallest absolute Gasteiger partial charge is 0.251 e. The van der Waals surface area contributed by atoms with Gasteiger partial charge < -0.3 is 10.1 Å². The zero-order valence-corrected chi connectivity index (χ0v) is 17.1. The molecule has 2 heterocycles. The number of ether oxygens (including phenoxy) is 1. The zero-order valence-electron chi connectivity index (χ0n) is 15.5. The number of nitrogens with zero attached hydrogens (tertiary/aromatic N) is 2. The van der Waals surface area contributed by atoms with Crippen LogP contribution in [0.1, 0.15) is 30.1 Å². The third kappa shape index (κ3) is 4.63. The van der Waals surface area contributed by atoms with Gasteiger partial charge >= 0.3 is 0 Å². The Kier molecular flexibility index (Phi) is 6.75. The molecular weight excluding hydrogens is 390 g/mol. The fraction of sp³-hybridized carbons (Fsp3) is 0.611. The van der Waals surface area contributed by atoms with Gasteiger partial charge in [0.15, 0.2) is 0 Å². The minimum Gasteiger partial charge on any atom is -0.379 e. The number of sulfonamides is 1. The van der Waals surface area contributed by atoms with Gasteiger partial charge in [0.2, 0.25) is 10.0 Å². The first-order valence-corrected chi connectivity index (χ1v) is 11.1. The maximum atomic E-state index is 12.9. The second-order valence-electron chi connectivity index (χ2n) is 6.80. The highest BCUT2D eigenvalue weighted by Crippen LogP contribution is 2.26. The first-order valence-electron chi connectivity index (χ1n) is 9.33. The maximum Gasteiger partial charge on any atom is 0.251 e. The zero-order chi connectivity index (χ0) is 19.4. The predicted molar refractivity (Wildman–Crippen MR) is 104 cm³/mol. The number of likely N-dealkylation sites (N-methyl/N-ethyl adjacent to an activating group) is 1. The van der Waals surface area contributed by atoms with Crippen LogP contribution < -0.4 is 5.32 Å². The summed E-state index contributed by atoms with van der Waals surface area (Å²) in [6.07, 6.45) is 2.20. The number of benzene rings is 1. The largest absolute Gasteiger partial charge is 0.379 e. The number of likely N-dealkylation sites (tertiary alicyclic amines) is 1. The topological polar surface area (TPSA) is 79.0 Å². The van der Waals surface area contributed by atoms with Crippen molar-refractivity contribution in [3.05, 3.63) is 28.8 Å². The van der Waals surface area contributed by atoms with E-state index in [0.29, 0.717) is 31.4 Å². The van der Waals surface area contributed by atoms with Crippen molar-refractivity contribution in [3.63, 3.8) is 0 Å². The molecule has 1 atom stereocenters. The van der Waals surface area contributed by atoms with E-state index in [0.717, 1.165) is 25.9 Å². The van der Waals surface area contributed by atoms with Crippen molar-refractivity contribution in [3.8, 4) is 0 Å². The van der Waals surface area contributed by atoms with Crippen LogP contribution in [0.25, 0.3) is 0 Å². The van der Waals surface area contributed by atoms with Crippen LogP contribution in [0.4, 0.5) is 0 Å². The molecule has 9 heteroatoms. The normalized spacial score (nSPS) is 22.1. The summed E-state index contributed by atoms with van der Waals surface area (Å²) in [5.74, 6) is -0.284. The number of hydrogen-bond acceptors (Lipinski definition) is 5. The Morgan fingerprint density at radius 1 is 1.30 bits per heavy atom. The van der Waals surface area contributed by atoms with Crippen LogP contribution in [0, 0.1) is 0 Å². The predicted octanol–water partition coefficient (Wildman–Crippen LogP) is 1.57. The molecule has 2 aliphatic rings. The third-order valence-corrected chi connectivity index (χ3v) is 7.56. The van der Waals surface area contributed by atoms with Gasteiger partial charge in [0.05, 0.1) is 18.2 Å². The number of halogens is 1. The Morgan fingerprint density at radius 3 is 2.74 bits per heavy atom. The summed E-state index contributed by atoms with van der Waals surface area (Å²) in [6, 6.07) is 4.73. The molecule has 1 aromatic rings. The number of nitrogens with one attached hydrogen (secondary N) is 1. The van der Waals surface area contributed by atoms with Crippen LogP contribution >= 0.6 is 11.6 Å². The van der Waals surface area contributed by atoms with Crippen LogP contribution in [-0.4, -0.2) is 75.5 Å². The molecule has 0 spiro atoms. The second-order valence-corrected chi connectivity index (χ2v) is 9.11. The molecule has 0 aromatic heterocycles. The highest BCUT2D eigenvalue weighted by Gasteiger charge is 2.29. The van der Waals surface area contributed by atoms with Crippen molar-refractivity contribution < 1.29 is 17.9 Å². The van der Waals surface area contributed by atoms with Crippen LogP contribution in [0.15, 0.2) is 23.1 Å². The molecule has 0 saturated carbocycles. The van der Waals surface area contributed by atoms with Crippen LogP contribution in [0.3, 0.4) is 0 Å². The fourth-order valence-electron chi connectivity index (χ4n) is 3.62. The van der Waals surface area contributed by atoms with Gasteiger partial charge in [-0.3, -0.25) is 9.69 Å². The lowest BCUT2D eigenvalue weighted by Crippen LogP contribution is -2.41. The van der Waals surface area contributed by atoms with Crippen molar-refractivity contribution in [1.29, 1.82) is 0 Å².